The van der Waals surface area contributed by atoms with Crippen LogP contribution in [0.5, 0.6) is 0 Å². The molecule has 4 nitrogen and oxygen atoms in total. The molecule has 8 heteroatoms. The fourth-order valence-corrected chi connectivity index (χ4v) is 3.77. The molecule has 0 saturated carbocycles. The van der Waals surface area contributed by atoms with E-state index in [2.05, 4.69) is 9.71 Å². The minimum atomic E-state index is -3.79. The summed E-state index contributed by atoms with van der Waals surface area (Å²) in [5.74, 6) is -0.446. The second-order valence-corrected chi connectivity index (χ2v) is 8.00. The molecule has 0 bridgehead atoms. The van der Waals surface area contributed by atoms with Crippen molar-refractivity contribution in [2.45, 2.75) is 4.90 Å². The van der Waals surface area contributed by atoms with Gasteiger partial charge in [-0.15, -0.1) is 0 Å². The second kappa shape index (κ2) is 8.08. The van der Waals surface area contributed by atoms with Gasteiger partial charge >= 0.3 is 0 Å². The van der Waals surface area contributed by atoms with Crippen molar-refractivity contribution in [3.63, 3.8) is 0 Å². The van der Waals surface area contributed by atoms with E-state index >= 15 is 0 Å². The summed E-state index contributed by atoms with van der Waals surface area (Å²) in [5, 5.41) is 0.933. The molecule has 0 aliphatic carbocycles. The van der Waals surface area contributed by atoms with Gasteiger partial charge in [0.15, 0.2) is 0 Å². The largest absolute Gasteiger partial charge is 0.280 e. The molecule has 0 aliphatic heterocycles. The zero-order chi connectivity index (χ0) is 19.4. The van der Waals surface area contributed by atoms with E-state index in [0.29, 0.717) is 21.3 Å². The summed E-state index contributed by atoms with van der Waals surface area (Å²) in [7, 11) is -3.79. The standard InChI is InChI=1S/C19H13Cl2FN2O2S/c20-18-2-1-3-19(21)17(18)12-23-14-8-10-16(11-9-14)27(25,26)24-15-6-4-13(22)5-7-15/h1-12,24H. The van der Waals surface area contributed by atoms with Crippen LogP contribution in [0.1, 0.15) is 5.56 Å². The average Bonchev–Trinajstić information content (AvgIpc) is 2.63. The van der Waals surface area contributed by atoms with E-state index in [4.69, 9.17) is 23.2 Å². The van der Waals surface area contributed by atoms with Crippen molar-refractivity contribution in [1.82, 2.24) is 0 Å². The van der Waals surface area contributed by atoms with Gasteiger partial charge in [0.25, 0.3) is 10.0 Å². The molecule has 3 rings (SSSR count). The number of sulfonamides is 1. The number of aliphatic imine (C=N–C) groups is 1. The van der Waals surface area contributed by atoms with E-state index in [1.54, 1.807) is 30.3 Å². The van der Waals surface area contributed by atoms with Crippen molar-refractivity contribution >= 4 is 50.8 Å². The Morgan fingerprint density at radius 2 is 1.48 bits per heavy atom. The zero-order valence-electron chi connectivity index (χ0n) is 13.7. The molecule has 1 N–H and O–H groups in total. The molecule has 0 radical (unpaired) electrons. The molecule has 3 aromatic carbocycles. The Balaban J connectivity index is 1.78. The third kappa shape index (κ3) is 4.86. The maximum atomic E-state index is 12.9. The molecule has 0 fully saturated rings. The fraction of sp³-hybridized carbons (Fsp3) is 0. The number of rotatable bonds is 5. The molecule has 0 amide bonds. The summed E-state index contributed by atoms with van der Waals surface area (Å²) in [6.07, 6.45) is 1.52. The Labute approximate surface area is 166 Å². The molecule has 27 heavy (non-hydrogen) atoms. The van der Waals surface area contributed by atoms with Gasteiger partial charge in [0.1, 0.15) is 5.82 Å². The minimum absolute atomic E-state index is 0.0570. The van der Waals surface area contributed by atoms with Crippen LogP contribution >= 0.6 is 23.2 Å². The van der Waals surface area contributed by atoms with Crippen LogP contribution in [0, 0.1) is 5.82 Å². The number of anilines is 1. The number of halogens is 3. The molecule has 0 spiro atoms. The average molecular weight is 423 g/mol. The highest BCUT2D eigenvalue weighted by molar-refractivity contribution is 7.92. The van der Waals surface area contributed by atoms with E-state index < -0.39 is 15.8 Å². The fourth-order valence-electron chi connectivity index (χ4n) is 2.22. The predicted molar refractivity (Wildman–Crippen MR) is 107 cm³/mol. The van der Waals surface area contributed by atoms with Crippen molar-refractivity contribution in [1.29, 1.82) is 0 Å². The maximum absolute atomic E-state index is 12.9. The van der Waals surface area contributed by atoms with Crippen LogP contribution in [0.15, 0.2) is 76.6 Å². The predicted octanol–water partition coefficient (Wildman–Crippen LogP) is 5.68. The lowest BCUT2D eigenvalue weighted by Crippen LogP contribution is -2.12. The van der Waals surface area contributed by atoms with Gasteiger partial charge in [-0.25, -0.2) is 12.8 Å². The van der Waals surface area contributed by atoms with Gasteiger partial charge in [0.2, 0.25) is 0 Å². The van der Waals surface area contributed by atoms with Gasteiger partial charge in [-0.2, -0.15) is 0 Å². The molecule has 3 aromatic rings. The Morgan fingerprint density at radius 1 is 0.889 bits per heavy atom. The van der Waals surface area contributed by atoms with E-state index in [-0.39, 0.29) is 10.6 Å². The van der Waals surface area contributed by atoms with Crippen LogP contribution in [0.25, 0.3) is 0 Å². The first-order valence-corrected chi connectivity index (χ1v) is 9.95. The van der Waals surface area contributed by atoms with Crippen molar-refractivity contribution in [2.24, 2.45) is 4.99 Å². The third-order valence-electron chi connectivity index (χ3n) is 3.59. The van der Waals surface area contributed by atoms with Gasteiger partial charge in [-0.3, -0.25) is 9.71 Å². The smallest absolute Gasteiger partial charge is 0.261 e. The molecule has 0 aliphatic rings. The van der Waals surface area contributed by atoms with E-state index in [1.165, 1.54) is 42.6 Å². The lowest BCUT2D eigenvalue weighted by Gasteiger charge is -2.08. The molecule has 138 valence electrons. The van der Waals surface area contributed by atoms with E-state index in [1.807, 2.05) is 0 Å². The summed E-state index contributed by atoms with van der Waals surface area (Å²) < 4.78 is 40.1. The first-order chi connectivity index (χ1) is 12.8. The topological polar surface area (TPSA) is 58.5 Å². The Kier molecular flexibility index (Phi) is 5.79. The van der Waals surface area contributed by atoms with Crippen LogP contribution in [0.3, 0.4) is 0 Å². The maximum Gasteiger partial charge on any atom is 0.261 e. The summed E-state index contributed by atoms with van der Waals surface area (Å²) in [6.45, 7) is 0. The summed E-state index contributed by atoms with van der Waals surface area (Å²) in [6, 6.07) is 16.1. The van der Waals surface area contributed by atoms with Crippen LogP contribution in [0.2, 0.25) is 10.0 Å². The van der Waals surface area contributed by atoms with Gasteiger partial charge in [0.05, 0.1) is 20.6 Å². The van der Waals surface area contributed by atoms with Gasteiger partial charge < -0.3 is 0 Å². The molecule has 0 atom stereocenters. The second-order valence-electron chi connectivity index (χ2n) is 5.50. The number of hydrogen-bond acceptors (Lipinski definition) is 3. The van der Waals surface area contributed by atoms with Crippen LogP contribution < -0.4 is 4.72 Å². The Hall–Kier alpha value is -2.41. The van der Waals surface area contributed by atoms with Gasteiger partial charge in [-0.1, -0.05) is 29.3 Å². The lowest BCUT2D eigenvalue weighted by molar-refractivity contribution is 0.601. The first-order valence-electron chi connectivity index (χ1n) is 7.72. The number of hydrogen-bond donors (Lipinski definition) is 1. The van der Waals surface area contributed by atoms with Crippen molar-refractivity contribution in [2.75, 3.05) is 4.72 Å². The van der Waals surface area contributed by atoms with Crippen molar-refractivity contribution in [3.05, 3.63) is 88.2 Å². The van der Waals surface area contributed by atoms with Crippen LogP contribution in [-0.2, 0) is 10.0 Å². The van der Waals surface area contributed by atoms with Gasteiger partial charge in [-0.05, 0) is 60.7 Å². The van der Waals surface area contributed by atoms with Crippen LogP contribution in [0.4, 0.5) is 15.8 Å². The Morgan fingerprint density at radius 3 is 2.07 bits per heavy atom. The number of benzene rings is 3. The highest BCUT2D eigenvalue weighted by Gasteiger charge is 2.14. The minimum Gasteiger partial charge on any atom is -0.280 e. The lowest BCUT2D eigenvalue weighted by atomic mass is 10.2. The summed E-state index contributed by atoms with van der Waals surface area (Å²) >= 11 is 12.2. The molecule has 0 saturated heterocycles. The van der Waals surface area contributed by atoms with E-state index in [9.17, 15) is 12.8 Å². The first kappa shape index (κ1) is 19.4. The van der Waals surface area contributed by atoms with Crippen molar-refractivity contribution < 1.29 is 12.8 Å². The highest BCUT2D eigenvalue weighted by atomic mass is 35.5. The molecule has 0 aromatic heterocycles. The molecule has 0 heterocycles. The normalized spacial score (nSPS) is 11.7. The van der Waals surface area contributed by atoms with Gasteiger partial charge in [0, 0.05) is 17.5 Å². The highest BCUT2D eigenvalue weighted by Crippen LogP contribution is 2.24. The Bertz CT molecular complexity index is 1060. The van der Waals surface area contributed by atoms with Crippen molar-refractivity contribution in [3.8, 4) is 0 Å². The zero-order valence-corrected chi connectivity index (χ0v) is 16.1. The third-order valence-corrected chi connectivity index (χ3v) is 5.64. The number of nitrogens with zero attached hydrogens (tertiary/aromatic N) is 1. The van der Waals surface area contributed by atoms with E-state index in [0.717, 1.165) is 0 Å². The monoisotopic (exact) mass is 422 g/mol. The molecule has 0 unspecified atom stereocenters. The quantitative estimate of drug-likeness (QED) is 0.537. The summed E-state index contributed by atoms with van der Waals surface area (Å²) in [4.78, 5) is 4.32. The summed E-state index contributed by atoms with van der Waals surface area (Å²) in [5.41, 5.74) is 1.38. The van der Waals surface area contributed by atoms with Crippen LogP contribution in [-0.4, -0.2) is 14.6 Å². The molecular weight excluding hydrogens is 410 g/mol. The molecular formula is C19H13Cl2FN2O2S. The SMILES string of the molecule is O=S(=O)(Nc1ccc(F)cc1)c1ccc(N=Cc2c(Cl)cccc2Cl)cc1. The number of nitrogens with one attached hydrogen (secondary N) is 1.